The number of aryl methyl sites for hydroxylation is 1. The molecule has 1 heterocycles. The van der Waals surface area contributed by atoms with E-state index in [0.717, 1.165) is 6.42 Å². The van der Waals surface area contributed by atoms with Gasteiger partial charge in [0.2, 0.25) is 0 Å². The van der Waals surface area contributed by atoms with Gasteiger partial charge in [0.05, 0.1) is 6.54 Å². The van der Waals surface area contributed by atoms with E-state index < -0.39 is 5.97 Å². The molecular weight excluding hydrogens is 234 g/mol. The zero-order chi connectivity index (χ0) is 13.1. The fourth-order valence-corrected chi connectivity index (χ4v) is 2.55. The zero-order valence-corrected chi connectivity index (χ0v) is 11.8. The standard InChI is InChI=1S/C13H21NO2S/c1-5-10-6-7-11(17-10)8-14(9-12(15)16)13(2,3)4/h6-7H,5,8-9H2,1-4H3,(H,15,16). The second-order valence-corrected chi connectivity index (χ2v) is 6.40. The Labute approximate surface area is 107 Å². The molecule has 1 aromatic heterocycles. The van der Waals surface area contributed by atoms with Crippen LogP contribution in [0.2, 0.25) is 0 Å². The van der Waals surface area contributed by atoms with E-state index in [1.165, 1.54) is 9.75 Å². The quantitative estimate of drug-likeness (QED) is 0.879. The summed E-state index contributed by atoms with van der Waals surface area (Å²) in [5.41, 5.74) is -0.130. The number of carbonyl (C=O) groups is 1. The molecule has 0 fully saturated rings. The van der Waals surface area contributed by atoms with Gasteiger partial charge in [-0.2, -0.15) is 0 Å². The minimum atomic E-state index is -0.771. The Hall–Kier alpha value is -0.870. The van der Waals surface area contributed by atoms with E-state index in [-0.39, 0.29) is 12.1 Å². The Morgan fingerprint density at radius 2 is 1.94 bits per heavy atom. The van der Waals surface area contributed by atoms with E-state index in [9.17, 15) is 4.79 Å². The summed E-state index contributed by atoms with van der Waals surface area (Å²) < 4.78 is 0. The molecule has 1 N–H and O–H groups in total. The predicted molar refractivity (Wildman–Crippen MR) is 71.5 cm³/mol. The molecular formula is C13H21NO2S. The Morgan fingerprint density at radius 1 is 1.35 bits per heavy atom. The summed E-state index contributed by atoms with van der Waals surface area (Å²) >= 11 is 1.77. The lowest BCUT2D eigenvalue weighted by molar-refractivity contribution is -0.139. The third-order valence-electron chi connectivity index (χ3n) is 2.69. The number of thiophene rings is 1. The number of hydrogen-bond acceptors (Lipinski definition) is 3. The Morgan fingerprint density at radius 3 is 2.35 bits per heavy atom. The van der Waals surface area contributed by atoms with Crippen LogP contribution in [0.25, 0.3) is 0 Å². The van der Waals surface area contributed by atoms with Crippen molar-refractivity contribution in [2.75, 3.05) is 6.54 Å². The van der Waals surface area contributed by atoms with Crippen LogP contribution in [0.3, 0.4) is 0 Å². The average molecular weight is 255 g/mol. The highest BCUT2D eigenvalue weighted by Crippen LogP contribution is 2.22. The van der Waals surface area contributed by atoms with Gasteiger partial charge in [-0.15, -0.1) is 11.3 Å². The summed E-state index contributed by atoms with van der Waals surface area (Å²) in [6.07, 6.45) is 1.04. The van der Waals surface area contributed by atoms with Crippen LogP contribution in [0, 0.1) is 0 Å². The molecule has 0 unspecified atom stereocenters. The molecule has 0 bridgehead atoms. The van der Waals surface area contributed by atoms with Crippen molar-refractivity contribution in [3.8, 4) is 0 Å². The van der Waals surface area contributed by atoms with Gasteiger partial charge in [0.25, 0.3) is 0 Å². The summed E-state index contributed by atoms with van der Waals surface area (Å²) in [5.74, 6) is -0.771. The second kappa shape index (κ2) is 5.65. The third-order valence-corrected chi connectivity index (χ3v) is 3.90. The number of rotatable bonds is 5. The van der Waals surface area contributed by atoms with Gasteiger partial charge in [0.15, 0.2) is 0 Å². The minimum Gasteiger partial charge on any atom is -0.480 e. The average Bonchev–Trinajstić information content (AvgIpc) is 2.62. The molecule has 0 aliphatic rings. The highest BCUT2D eigenvalue weighted by Gasteiger charge is 2.23. The van der Waals surface area contributed by atoms with Gasteiger partial charge in [-0.3, -0.25) is 9.69 Å². The molecule has 0 aliphatic carbocycles. The first kappa shape index (κ1) is 14.2. The molecule has 1 aromatic rings. The molecule has 0 saturated heterocycles. The van der Waals surface area contributed by atoms with Gasteiger partial charge < -0.3 is 5.11 Å². The van der Waals surface area contributed by atoms with Crippen LogP contribution in [0.4, 0.5) is 0 Å². The second-order valence-electron chi connectivity index (χ2n) is 5.14. The van der Waals surface area contributed by atoms with Crippen molar-refractivity contribution in [1.29, 1.82) is 0 Å². The lowest BCUT2D eigenvalue weighted by atomic mass is 10.1. The van der Waals surface area contributed by atoms with E-state index in [1.54, 1.807) is 11.3 Å². The van der Waals surface area contributed by atoms with Crippen molar-refractivity contribution in [2.24, 2.45) is 0 Å². The van der Waals surface area contributed by atoms with Gasteiger partial charge in [-0.05, 0) is 39.3 Å². The van der Waals surface area contributed by atoms with Crippen LogP contribution >= 0.6 is 11.3 Å². The van der Waals surface area contributed by atoms with E-state index in [4.69, 9.17) is 5.11 Å². The maximum absolute atomic E-state index is 10.9. The van der Waals surface area contributed by atoms with Crippen LogP contribution in [-0.4, -0.2) is 28.1 Å². The third kappa shape index (κ3) is 4.48. The van der Waals surface area contributed by atoms with Crippen LogP contribution in [0.15, 0.2) is 12.1 Å². The molecule has 0 aromatic carbocycles. The summed E-state index contributed by atoms with van der Waals surface area (Å²) in [6.45, 7) is 9.07. The van der Waals surface area contributed by atoms with Crippen LogP contribution in [0.1, 0.15) is 37.4 Å². The number of hydrogen-bond donors (Lipinski definition) is 1. The van der Waals surface area contributed by atoms with Crippen molar-refractivity contribution in [3.05, 3.63) is 21.9 Å². The fourth-order valence-electron chi connectivity index (χ4n) is 1.58. The number of carboxylic acid groups (broad SMARTS) is 1. The SMILES string of the molecule is CCc1ccc(CN(CC(=O)O)C(C)(C)C)s1. The normalized spacial score (nSPS) is 12.1. The highest BCUT2D eigenvalue weighted by molar-refractivity contribution is 7.11. The van der Waals surface area contributed by atoms with Crippen molar-refractivity contribution in [3.63, 3.8) is 0 Å². The molecule has 0 saturated carbocycles. The maximum Gasteiger partial charge on any atom is 0.317 e. The first-order valence-corrected chi connectivity index (χ1v) is 6.69. The first-order valence-electron chi connectivity index (χ1n) is 5.87. The maximum atomic E-state index is 10.9. The lowest BCUT2D eigenvalue weighted by Gasteiger charge is -2.33. The Bertz CT molecular complexity index is 379. The zero-order valence-electron chi connectivity index (χ0n) is 11.0. The molecule has 96 valence electrons. The smallest absolute Gasteiger partial charge is 0.317 e. The first-order chi connectivity index (χ1) is 7.82. The number of nitrogens with zero attached hydrogens (tertiary/aromatic N) is 1. The highest BCUT2D eigenvalue weighted by atomic mass is 32.1. The van der Waals surface area contributed by atoms with Gasteiger partial charge in [-0.1, -0.05) is 6.92 Å². The number of carboxylic acids is 1. The lowest BCUT2D eigenvalue weighted by Crippen LogP contribution is -2.43. The summed E-state index contributed by atoms with van der Waals surface area (Å²) in [5, 5.41) is 8.94. The predicted octanol–water partition coefficient (Wildman–Crippen LogP) is 3.00. The largest absolute Gasteiger partial charge is 0.480 e. The van der Waals surface area contributed by atoms with Gasteiger partial charge >= 0.3 is 5.97 Å². The molecule has 3 nitrogen and oxygen atoms in total. The Kier molecular flexibility index (Phi) is 4.71. The Balaban J connectivity index is 2.75. The molecule has 0 spiro atoms. The monoisotopic (exact) mass is 255 g/mol. The van der Waals surface area contributed by atoms with Crippen LogP contribution in [-0.2, 0) is 17.8 Å². The van der Waals surface area contributed by atoms with Crippen molar-refractivity contribution in [1.82, 2.24) is 4.90 Å². The van der Waals surface area contributed by atoms with Crippen LogP contribution in [0.5, 0.6) is 0 Å². The molecule has 4 heteroatoms. The van der Waals surface area contributed by atoms with E-state index >= 15 is 0 Å². The number of aliphatic carboxylic acids is 1. The summed E-state index contributed by atoms with van der Waals surface area (Å²) in [7, 11) is 0. The van der Waals surface area contributed by atoms with Crippen molar-refractivity contribution < 1.29 is 9.90 Å². The summed E-state index contributed by atoms with van der Waals surface area (Å²) in [6, 6.07) is 4.23. The van der Waals surface area contributed by atoms with E-state index in [2.05, 4.69) is 19.1 Å². The van der Waals surface area contributed by atoms with Crippen molar-refractivity contribution >= 4 is 17.3 Å². The topological polar surface area (TPSA) is 40.5 Å². The van der Waals surface area contributed by atoms with Gasteiger partial charge in [0.1, 0.15) is 0 Å². The van der Waals surface area contributed by atoms with E-state index in [1.807, 2.05) is 25.7 Å². The molecule has 1 rings (SSSR count). The van der Waals surface area contributed by atoms with E-state index in [0.29, 0.717) is 6.54 Å². The van der Waals surface area contributed by atoms with Crippen LogP contribution < -0.4 is 0 Å². The molecule has 0 aliphatic heterocycles. The molecule has 0 radical (unpaired) electrons. The fraction of sp³-hybridized carbons (Fsp3) is 0.615. The van der Waals surface area contributed by atoms with Crippen molar-refractivity contribution in [2.45, 2.75) is 46.2 Å². The molecule has 0 amide bonds. The molecule has 17 heavy (non-hydrogen) atoms. The molecule has 0 atom stereocenters. The summed E-state index contributed by atoms with van der Waals surface area (Å²) in [4.78, 5) is 15.4. The van der Waals surface area contributed by atoms with Gasteiger partial charge in [0, 0.05) is 21.8 Å². The van der Waals surface area contributed by atoms with Gasteiger partial charge in [-0.25, -0.2) is 0 Å². The minimum absolute atomic E-state index is 0.0862.